The average Bonchev–Trinajstić information content (AvgIpc) is 0. The van der Waals surface area contributed by atoms with Gasteiger partial charge in [-0.15, -0.1) is 0 Å². The summed E-state index contributed by atoms with van der Waals surface area (Å²) in [4.78, 5) is 0. The molecular formula is H6O6U. The molecule has 0 rings (SSSR count). The molecule has 0 amide bonds. The van der Waals surface area contributed by atoms with Gasteiger partial charge in [0.1, 0.15) is 0 Å². The first-order valence-electron chi connectivity index (χ1n) is 0. The Morgan fingerprint density at radius 1 is 0.286 bits per heavy atom. The maximum Gasteiger partial charge on any atom is 6.00 e. The fourth-order valence-electron chi connectivity index (χ4n) is 0. The topological polar surface area (TPSA) is 180 Å². The van der Waals surface area contributed by atoms with Crippen LogP contribution in [-0.2, 0) is 0 Å². The third-order valence-electron chi connectivity index (χ3n) is 0. The molecule has 0 fully saturated rings. The maximum absolute atomic E-state index is 0. The Kier molecular flexibility index (Phi) is 27400. The molecule has 0 aliphatic heterocycles. The maximum atomic E-state index is 0. The number of hydrogen-bond acceptors (Lipinski definition) is 6. The first-order chi connectivity index (χ1) is 0. The largest absolute Gasteiger partial charge is 6.00 e. The molecule has 7 heteroatoms. The van der Waals surface area contributed by atoms with E-state index in [1.165, 1.54) is 0 Å². The zero-order valence-electron chi connectivity index (χ0n) is 3.18. The first kappa shape index (κ1) is 550. The standard InChI is InChI=1S/6H2O.U/h6*1H2;/q;;;;;;+6/p-6. The van der Waals surface area contributed by atoms with E-state index in [0.29, 0.717) is 0 Å². The Labute approximate surface area is 64.1 Å². The van der Waals surface area contributed by atoms with E-state index in [0.717, 1.165) is 0 Å². The quantitative estimate of drug-likeness (QED) is 0.541. The molecule has 0 saturated carbocycles. The third kappa shape index (κ3) is 239. The summed E-state index contributed by atoms with van der Waals surface area (Å²) >= 11 is 0. The number of rotatable bonds is 0. The molecule has 0 radical (unpaired) electrons. The molecular weight excluding hydrogens is 334 g/mol. The third-order valence-corrected chi connectivity index (χ3v) is 0. The zero-order valence-corrected chi connectivity index (χ0v) is 7.35. The van der Waals surface area contributed by atoms with Gasteiger partial charge in [0.15, 0.2) is 0 Å². The minimum atomic E-state index is 0. The molecule has 0 unspecified atom stereocenters. The van der Waals surface area contributed by atoms with Gasteiger partial charge >= 0.3 is 31.1 Å². The predicted octanol–water partition coefficient (Wildman–Crippen LogP) is -1.06. The summed E-state index contributed by atoms with van der Waals surface area (Å²) in [5.74, 6) is 0. The Morgan fingerprint density at radius 2 is 0.286 bits per heavy atom. The molecule has 0 aliphatic rings. The molecule has 0 bridgehead atoms. The van der Waals surface area contributed by atoms with Crippen molar-refractivity contribution in [3.8, 4) is 0 Å². The van der Waals surface area contributed by atoms with E-state index in [1.54, 1.807) is 0 Å². The SMILES string of the molecule is [OH-].[OH-].[OH-].[OH-].[OH-].[OH-].[U+6]. The fourth-order valence-corrected chi connectivity index (χ4v) is 0. The van der Waals surface area contributed by atoms with Crippen LogP contribution in [0.3, 0.4) is 0 Å². The monoisotopic (exact) mass is 340 g/mol. The van der Waals surface area contributed by atoms with Gasteiger partial charge in [-0.05, 0) is 0 Å². The molecule has 0 aromatic rings. The van der Waals surface area contributed by atoms with E-state index >= 15 is 0 Å². The van der Waals surface area contributed by atoms with Crippen LogP contribution in [0.15, 0.2) is 0 Å². The van der Waals surface area contributed by atoms with Gasteiger partial charge in [0.25, 0.3) is 0 Å². The second-order valence-corrected chi connectivity index (χ2v) is 0. The minimum Gasteiger partial charge on any atom is -0.870 e. The van der Waals surface area contributed by atoms with Crippen LogP contribution in [0.5, 0.6) is 0 Å². The summed E-state index contributed by atoms with van der Waals surface area (Å²) in [5.41, 5.74) is 0. The minimum absolute atomic E-state index is 0. The molecule has 0 aromatic carbocycles. The average molecular weight is 340 g/mol. The van der Waals surface area contributed by atoms with Crippen LogP contribution >= 0.6 is 0 Å². The molecule has 6 N–H and O–H groups in total. The van der Waals surface area contributed by atoms with Gasteiger partial charge in [-0.2, -0.15) is 0 Å². The van der Waals surface area contributed by atoms with Crippen LogP contribution in [-0.4, -0.2) is 32.9 Å². The van der Waals surface area contributed by atoms with Gasteiger partial charge < -0.3 is 32.9 Å². The van der Waals surface area contributed by atoms with Gasteiger partial charge in [0.2, 0.25) is 0 Å². The normalized spacial score (nSPS) is 0. The molecule has 46 valence electrons. The Bertz CT molecular complexity index is 4.14. The summed E-state index contributed by atoms with van der Waals surface area (Å²) in [6, 6.07) is 0. The van der Waals surface area contributed by atoms with E-state index in [9.17, 15) is 0 Å². The molecule has 0 atom stereocenters. The van der Waals surface area contributed by atoms with E-state index in [1.807, 2.05) is 0 Å². The molecule has 7 heavy (non-hydrogen) atoms. The molecule has 0 heterocycles. The fraction of sp³-hybridized carbons (Fsp3) is 0. The van der Waals surface area contributed by atoms with Crippen molar-refractivity contribution >= 4 is 0 Å². The van der Waals surface area contributed by atoms with Crippen LogP contribution in [0.25, 0.3) is 0 Å². The van der Waals surface area contributed by atoms with Crippen LogP contribution in [0.4, 0.5) is 0 Å². The second-order valence-electron chi connectivity index (χ2n) is 0. The Morgan fingerprint density at radius 3 is 0.286 bits per heavy atom. The smallest absolute Gasteiger partial charge is 0.870 e. The summed E-state index contributed by atoms with van der Waals surface area (Å²) < 4.78 is 0. The van der Waals surface area contributed by atoms with Crippen molar-refractivity contribution in [1.82, 2.24) is 0 Å². The molecule has 6 nitrogen and oxygen atoms in total. The predicted molar refractivity (Wildman–Crippen MR) is 11.6 cm³/mol. The Balaban J connectivity index is 0. The van der Waals surface area contributed by atoms with Crippen molar-refractivity contribution in [3.05, 3.63) is 0 Å². The van der Waals surface area contributed by atoms with Crippen molar-refractivity contribution in [2.24, 2.45) is 0 Å². The molecule has 0 aromatic heterocycles. The van der Waals surface area contributed by atoms with Gasteiger partial charge in [-0.1, -0.05) is 0 Å². The Hall–Kier alpha value is 0.812. The van der Waals surface area contributed by atoms with Crippen LogP contribution in [0.1, 0.15) is 0 Å². The first-order valence-corrected chi connectivity index (χ1v) is 0. The summed E-state index contributed by atoms with van der Waals surface area (Å²) in [5, 5.41) is 0. The molecule has 0 spiro atoms. The van der Waals surface area contributed by atoms with Gasteiger partial charge in [-0.3, -0.25) is 0 Å². The van der Waals surface area contributed by atoms with E-state index in [-0.39, 0.29) is 64.0 Å². The van der Waals surface area contributed by atoms with Gasteiger partial charge in [-0.25, -0.2) is 0 Å². The van der Waals surface area contributed by atoms with Crippen molar-refractivity contribution in [1.29, 1.82) is 0 Å². The van der Waals surface area contributed by atoms with E-state index < -0.39 is 0 Å². The van der Waals surface area contributed by atoms with Gasteiger partial charge in [0, 0.05) is 0 Å². The van der Waals surface area contributed by atoms with E-state index in [2.05, 4.69) is 0 Å². The second kappa shape index (κ2) is 349. The van der Waals surface area contributed by atoms with Crippen molar-refractivity contribution < 1.29 is 64.0 Å². The van der Waals surface area contributed by atoms with Crippen LogP contribution < -0.4 is 0 Å². The summed E-state index contributed by atoms with van der Waals surface area (Å²) in [6.45, 7) is 0. The molecule has 0 saturated heterocycles. The summed E-state index contributed by atoms with van der Waals surface area (Å²) in [7, 11) is 0. The van der Waals surface area contributed by atoms with Crippen LogP contribution in [0.2, 0.25) is 0 Å². The zero-order chi connectivity index (χ0) is 0. The molecule has 0 aliphatic carbocycles. The van der Waals surface area contributed by atoms with Crippen LogP contribution in [0, 0.1) is 31.1 Å². The summed E-state index contributed by atoms with van der Waals surface area (Å²) in [6.07, 6.45) is 0. The van der Waals surface area contributed by atoms with Crippen molar-refractivity contribution in [3.63, 3.8) is 0 Å². The van der Waals surface area contributed by atoms with E-state index in [4.69, 9.17) is 0 Å². The van der Waals surface area contributed by atoms with Gasteiger partial charge in [0.05, 0.1) is 0 Å². The van der Waals surface area contributed by atoms with Crippen molar-refractivity contribution in [2.75, 3.05) is 0 Å². The number of hydrogen-bond donors (Lipinski definition) is 0. The van der Waals surface area contributed by atoms with Crippen molar-refractivity contribution in [2.45, 2.75) is 0 Å².